The Labute approximate surface area is 67.6 Å². The molecular formula is C8H17NO2. The van der Waals surface area contributed by atoms with Gasteiger partial charge in [0, 0.05) is 0 Å². The van der Waals surface area contributed by atoms with E-state index in [2.05, 4.69) is 0 Å². The molecule has 1 rings (SSSR count). The Morgan fingerprint density at radius 1 is 1.36 bits per heavy atom. The summed E-state index contributed by atoms with van der Waals surface area (Å²) in [6.07, 6.45) is 3.20. The largest absolute Gasteiger partial charge is 0.480 e. The van der Waals surface area contributed by atoms with Crippen LogP contribution in [0.15, 0.2) is 0 Å². The normalized spacial score (nSPS) is 20.3. The predicted molar refractivity (Wildman–Crippen MR) is 44.4 cm³/mol. The molecule has 1 fully saturated rings. The molecular weight excluding hydrogens is 142 g/mol. The standard InChI is InChI=1S/C6H11NO2.C2H6/c7-6(5(8)9)3-1-2-4-6;1-2/h1-4,7H2,(H,8,9);1-2H3. The highest BCUT2D eigenvalue weighted by Crippen LogP contribution is 2.26. The highest BCUT2D eigenvalue weighted by molar-refractivity contribution is 5.78. The van der Waals surface area contributed by atoms with Crippen LogP contribution in [0.1, 0.15) is 39.5 Å². The van der Waals surface area contributed by atoms with E-state index in [-0.39, 0.29) is 0 Å². The maximum atomic E-state index is 10.4. The molecule has 11 heavy (non-hydrogen) atoms. The van der Waals surface area contributed by atoms with Crippen molar-refractivity contribution in [2.45, 2.75) is 45.1 Å². The predicted octanol–water partition coefficient (Wildman–Crippen LogP) is 1.37. The topological polar surface area (TPSA) is 63.3 Å². The number of hydrogen-bond donors (Lipinski definition) is 2. The minimum absolute atomic E-state index is 0.641. The maximum absolute atomic E-state index is 10.4. The van der Waals surface area contributed by atoms with Crippen molar-refractivity contribution in [3.05, 3.63) is 0 Å². The molecule has 1 aliphatic carbocycles. The summed E-state index contributed by atoms with van der Waals surface area (Å²) in [4.78, 5) is 10.4. The number of carboxylic acids is 1. The number of rotatable bonds is 1. The van der Waals surface area contributed by atoms with Crippen LogP contribution in [0.5, 0.6) is 0 Å². The minimum atomic E-state index is -0.889. The second-order valence-corrected chi connectivity index (χ2v) is 2.67. The third-order valence-electron chi connectivity index (χ3n) is 1.92. The molecule has 0 saturated heterocycles. The summed E-state index contributed by atoms with van der Waals surface area (Å²) in [5, 5.41) is 8.55. The zero-order valence-corrected chi connectivity index (χ0v) is 7.26. The molecule has 0 spiro atoms. The molecule has 0 aromatic heterocycles. The number of carbonyl (C=O) groups is 1. The Bertz CT molecular complexity index is 128. The molecule has 0 bridgehead atoms. The van der Waals surface area contributed by atoms with Crippen molar-refractivity contribution in [2.75, 3.05) is 0 Å². The molecule has 0 unspecified atom stereocenters. The van der Waals surface area contributed by atoms with Crippen LogP contribution >= 0.6 is 0 Å². The van der Waals surface area contributed by atoms with Crippen LogP contribution in [-0.4, -0.2) is 16.6 Å². The lowest BCUT2D eigenvalue weighted by molar-refractivity contribution is -0.143. The van der Waals surface area contributed by atoms with E-state index in [9.17, 15) is 4.79 Å². The quantitative estimate of drug-likeness (QED) is 0.607. The summed E-state index contributed by atoms with van der Waals surface area (Å²) >= 11 is 0. The first-order valence-corrected chi connectivity index (χ1v) is 4.17. The van der Waals surface area contributed by atoms with Crippen LogP contribution in [0.4, 0.5) is 0 Å². The van der Waals surface area contributed by atoms with Gasteiger partial charge in [0.05, 0.1) is 0 Å². The summed E-state index contributed by atoms with van der Waals surface area (Å²) in [5.41, 5.74) is 4.61. The van der Waals surface area contributed by atoms with Crippen molar-refractivity contribution < 1.29 is 9.90 Å². The lowest BCUT2D eigenvalue weighted by Crippen LogP contribution is -2.44. The van der Waals surface area contributed by atoms with Gasteiger partial charge in [-0.1, -0.05) is 26.7 Å². The van der Waals surface area contributed by atoms with Crippen LogP contribution < -0.4 is 5.73 Å². The maximum Gasteiger partial charge on any atom is 0.323 e. The van der Waals surface area contributed by atoms with Gasteiger partial charge in [-0.2, -0.15) is 0 Å². The number of hydrogen-bond acceptors (Lipinski definition) is 2. The average molecular weight is 159 g/mol. The molecule has 0 aliphatic heterocycles. The Morgan fingerprint density at radius 2 is 1.73 bits per heavy atom. The summed E-state index contributed by atoms with van der Waals surface area (Å²) < 4.78 is 0. The van der Waals surface area contributed by atoms with Gasteiger partial charge in [-0.3, -0.25) is 4.79 Å². The molecule has 3 heteroatoms. The zero-order valence-electron chi connectivity index (χ0n) is 7.26. The van der Waals surface area contributed by atoms with Gasteiger partial charge in [0.15, 0.2) is 0 Å². The molecule has 3 N–H and O–H groups in total. The van der Waals surface area contributed by atoms with Crippen molar-refractivity contribution in [1.82, 2.24) is 0 Å². The highest BCUT2D eigenvalue weighted by Gasteiger charge is 2.36. The van der Waals surface area contributed by atoms with Gasteiger partial charge in [0.2, 0.25) is 0 Å². The van der Waals surface area contributed by atoms with Gasteiger partial charge in [0.25, 0.3) is 0 Å². The molecule has 0 radical (unpaired) electrons. The lowest BCUT2D eigenvalue weighted by Gasteiger charge is -2.15. The first-order valence-electron chi connectivity index (χ1n) is 4.17. The van der Waals surface area contributed by atoms with Crippen molar-refractivity contribution >= 4 is 5.97 Å². The van der Waals surface area contributed by atoms with Crippen molar-refractivity contribution in [2.24, 2.45) is 5.73 Å². The Balaban J connectivity index is 0.000000461. The molecule has 1 aliphatic rings. The fourth-order valence-corrected chi connectivity index (χ4v) is 1.22. The average Bonchev–Trinajstić information content (AvgIpc) is 2.42. The second kappa shape index (κ2) is 4.34. The van der Waals surface area contributed by atoms with E-state index in [1.54, 1.807) is 0 Å². The molecule has 0 heterocycles. The van der Waals surface area contributed by atoms with Gasteiger partial charge in [-0.15, -0.1) is 0 Å². The van der Waals surface area contributed by atoms with Crippen LogP contribution in [0.25, 0.3) is 0 Å². The van der Waals surface area contributed by atoms with Crippen molar-refractivity contribution in [3.63, 3.8) is 0 Å². The number of aliphatic carboxylic acids is 1. The van der Waals surface area contributed by atoms with E-state index >= 15 is 0 Å². The number of nitrogens with two attached hydrogens (primary N) is 1. The molecule has 3 nitrogen and oxygen atoms in total. The van der Waals surface area contributed by atoms with Gasteiger partial charge >= 0.3 is 5.97 Å². The van der Waals surface area contributed by atoms with Crippen molar-refractivity contribution in [3.8, 4) is 0 Å². The molecule has 0 aromatic rings. The lowest BCUT2D eigenvalue weighted by atomic mass is 10.0. The zero-order chi connectivity index (χ0) is 8.91. The molecule has 66 valence electrons. The minimum Gasteiger partial charge on any atom is -0.480 e. The van der Waals surface area contributed by atoms with E-state index in [0.717, 1.165) is 12.8 Å². The Morgan fingerprint density at radius 3 is 1.91 bits per heavy atom. The molecule has 0 amide bonds. The first kappa shape index (κ1) is 10.4. The van der Waals surface area contributed by atoms with Crippen LogP contribution in [0.3, 0.4) is 0 Å². The summed E-state index contributed by atoms with van der Waals surface area (Å²) in [6.45, 7) is 4.00. The van der Waals surface area contributed by atoms with E-state index in [1.807, 2.05) is 13.8 Å². The van der Waals surface area contributed by atoms with Crippen LogP contribution in [0.2, 0.25) is 0 Å². The summed E-state index contributed by atoms with van der Waals surface area (Å²) in [6, 6.07) is 0. The van der Waals surface area contributed by atoms with Gasteiger partial charge in [0.1, 0.15) is 5.54 Å². The van der Waals surface area contributed by atoms with Gasteiger partial charge < -0.3 is 10.8 Å². The molecule has 1 saturated carbocycles. The van der Waals surface area contributed by atoms with Gasteiger partial charge in [-0.25, -0.2) is 0 Å². The third kappa shape index (κ3) is 2.50. The SMILES string of the molecule is CC.NC1(C(=O)O)CCCC1. The summed E-state index contributed by atoms with van der Waals surface area (Å²) in [5.74, 6) is -0.847. The monoisotopic (exact) mass is 159 g/mol. The highest BCUT2D eigenvalue weighted by atomic mass is 16.4. The fraction of sp³-hybridized carbons (Fsp3) is 0.875. The molecule has 0 atom stereocenters. The second-order valence-electron chi connectivity index (χ2n) is 2.67. The van der Waals surface area contributed by atoms with Crippen molar-refractivity contribution in [1.29, 1.82) is 0 Å². The van der Waals surface area contributed by atoms with Crippen LogP contribution in [-0.2, 0) is 4.79 Å². The Hall–Kier alpha value is -0.570. The van der Waals surface area contributed by atoms with E-state index in [1.165, 1.54) is 0 Å². The smallest absolute Gasteiger partial charge is 0.323 e. The van der Waals surface area contributed by atoms with E-state index in [0.29, 0.717) is 12.8 Å². The third-order valence-corrected chi connectivity index (χ3v) is 1.92. The van der Waals surface area contributed by atoms with E-state index in [4.69, 9.17) is 10.8 Å². The fourth-order valence-electron chi connectivity index (χ4n) is 1.22. The summed E-state index contributed by atoms with van der Waals surface area (Å²) in [7, 11) is 0. The Kier molecular flexibility index (Phi) is 4.11. The first-order chi connectivity index (χ1) is 5.15. The van der Waals surface area contributed by atoms with E-state index < -0.39 is 11.5 Å². The van der Waals surface area contributed by atoms with Crippen LogP contribution in [0, 0.1) is 0 Å². The molecule has 0 aromatic carbocycles. The number of carboxylic acid groups (broad SMARTS) is 1. The van der Waals surface area contributed by atoms with Gasteiger partial charge in [-0.05, 0) is 12.8 Å².